The molecule has 0 atom stereocenters. The number of thiophene rings is 1. The van der Waals surface area contributed by atoms with Crippen molar-refractivity contribution in [2.24, 2.45) is 0 Å². The number of furan rings is 1. The van der Waals surface area contributed by atoms with Crippen molar-refractivity contribution in [3.8, 4) is 0 Å². The first-order valence-electron chi connectivity index (χ1n) is 9.48. The monoisotopic (exact) mass is 462 g/mol. The fourth-order valence-electron chi connectivity index (χ4n) is 3.27. The third-order valence-corrected chi connectivity index (χ3v) is 6.82. The molecule has 0 spiro atoms. The average Bonchev–Trinajstić information content (AvgIpc) is 3.45. The normalized spacial score (nSPS) is 12.6. The second-order valence-corrected chi connectivity index (χ2v) is 9.30. The van der Waals surface area contributed by atoms with Crippen molar-refractivity contribution in [2.45, 2.75) is 37.9 Å². The van der Waals surface area contributed by atoms with Gasteiger partial charge >= 0.3 is 0 Å². The Morgan fingerprint density at radius 2 is 2.20 bits per heavy atom. The van der Waals surface area contributed by atoms with Crippen molar-refractivity contribution < 1.29 is 14.0 Å². The Hall–Kier alpha value is -2.36. The number of aryl methyl sites for hydroxylation is 1. The maximum Gasteiger partial charge on any atom is 0.276 e. The van der Waals surface area contributed by atoms with E-state index < -0.39 is 5.91 Å². The molecule has 4 rings (SSSR count). The van der Waals surface area contributed by atoms with E-state index in [1.807, 2.05) is 6.92 Å². The molecule has 0 fully saturated rings. The largest absolute Gasteiger partial charge is 0.467 e. The summed E-state index contributed by atoms with van der Waals surface area (Å²) in [6.45, 7) is 2.25. The number of thioether (sulfide) groups is 1. The standard InChI is InChI=1S/C20H19ClN4O3S2/c1-2-29-20-23-10-13(21)16(24-20)18(27)25-19-15(12-6-3-7-14(12)30-19)17(26)22-9-11-5-4-8-28-11/h4-5,8,10H,2-3,6-7,9H2,1H3,(H,22,26)(H,25,27). The summed E-state index contributed by atoms with van der Waals surface area (Å²) in [6, 6.07) is 3.57. The van der Waals surface area contributed by atoms with Crippen LogP contribution in [0.15, 0.2) is 34.2 Å². The van der Waals surface area contributed by atoms with Crippen LogP contribution >= 0.6 is 34.7 Å². The Balaban J connectivity index is 1.58. The van der Waals surface area contributed by atoms with E-state index in [-0.39, 0.29) is 23.2 Å². The molecule has 30 heavy (non-hydrogen) atoms. The molecule has 7 nitrogen and oxygen atoms in total. The van der Waals surface area contributed by atoms with Gasteiger partial charge < -0.3 is 15.1 Å². The predicted octanol–water partition coefficient (Wildman–Crippen LogP) is 4.57. The molecule has 0 radical (unpaired) electrons. The average molecular weight is 463 g/mol. The van der Waals surface area contributed by atoms with Gasteiger partial charge in [0.2, 0.25) is 0 Å². The molecular weight excluding hydrogens is 444 g/mol. The van der Waals surface area contributed by atoms with E-state index in [1.165, 1.54) is 29.3 Å². The van der Waals surface area contributed by atoms with E-state index in [0.29, 0.717) is 21.5 Å². The topological polar surface area (TPSA) is 97.1 Å². The van der Waals surface area contributed by atoms with Crippen LogP contribution in [-0.4, -0.2) is 27.5 Å². The van der Waals surface area contributed by atoms with Gasteiger partial charge in [0.1, 0.15) is 10.8 Å². The molecule has 0 saturated carbocycles. The number of aromatic nitrogens is 2. The molecule has 2 amide bonds. The first-order chi connectivity index (χ1) is 14.6. The van der Waals surface area contributed by atoms with Gasteiger partial charge in [-0.3, -0.25) is 9.59 Å². The van der Waals surface area contributed by atoms with Crippen molar-refractivity contribution in [3.63, 3.8) is 0 Å². The quantitative estimate of drug-likeness (QED) is 0.394. The molecule has 156 valence electrons. The van der Waals surface area contributed by atoms with Gasteiger partial charge in [0.25, 0.3) is 11.8 Å². The van der Waals surface area contributed by atoms with Crippen molar-refractivity contribution >= 4 is 51.5 Å². The highest BCUT2D eigenvalue weighted by atomic mass is 35.5. The lowest BCUT2D eigenvalue weighted by atomic mass is 10.1. The minimum atomic E-state index is -0.458. The highest BCUT2D eigenvalue weighted by Gasteiger charge is 2.28. The van der Waals surface area contributed by atoms with E-state index in [9.17, 15) is 9.59 Å². The second kappa shape index (κ2) is 9.20. The van der Waals surface area contributed by atoms with E-state index >= 15 is 0 Å². The summed E-state index contributed by atoms with van der Waals surface area (Å²) in [4.78, 5) is 35.4. The van der Waals surface area contributed by atoms with Gasteiger partial charge in [0.15, 0.2) is 10.9 Å². The number of nitrogens with zero attached hydrogens (tertiary/aromatic N) is 2. The number of carbonyl (C=O) groups excluding carboxylic acids is 2. The smallest absolute Gasteiger partial charge is 0.276 e. The van der Waals surface area contributed by atoms with Crippen LogP contribution in [0.5, 0.6) is 0 Å². The third-order valence-electron chi connectivity index (χ3n) is 4.59. The van der Waals surface area contributed by atoms with Crippen molar-refractivity contribution in [1.29, 1.82) is 0 Å². The van der Waals surface area contributed by atoms with Gasteiger partial charge in [0, 0.05) is 4.88 Å². The van der Waals surface area contributed by atoms with E-state index in [1.54, 1.807) is 18.4 Å². The van der Waals surface area contributed by atoms with Gasteiger partial charge in [-0.1, -0.05) is 30.3 Å². The van der Waals surface area contributed by atoms with Crippen LogP contribution < -0.4 is 10.6 Å². The summed E-state index contributed by atoms with van der Waals surface area (Å²) in [7, 11) is 0. The van der Waals surface area contributed by atoms with Gasteiger partial charge in [-0.25, -0.2) is 9.97 Å². The SMILES string of the molecule is CCSc1ncc(Cl)c(C(=O)Nc2sc3c(c2C(=O)NCc2ccco2)CCC3)n1. The molecule has 0 aromatic carbocycles. The van der Waals surface area contributed by atoms with Gasteiger partial charge in [0.05, 0.1) is 29.6 Å². The maximum atomic E-state index is 13.0. The molecule has 0 unspecified atom stereocenters. The highest BCUT2D eigenvalue weighted by Crippen LogP contribution is 2.39. The Morgan fingerprint density at radius 1 is 1.33 bits per heavy atom. The number of rotatable bonds is 7. The fraction of sp³-hybridized carbons (Fsp3) is 0.300. The molecular formula is C20H19ClN4O3S2. The van der Waals surface area contributed by atoms with Crippen molar-refractivity contribution in [3.05, 3.63) is 57.1 Å². The summed E-state index contributed by atoms with van der Waals surface area (Å²) in [6.07, 6.45) is 5.71. The minimum Gasteiger partial charge on any atom is -0.467 e. The van der Waals surface area contributed by atoms with Crippen molar-refractivity contribution in [1.82, 2.24) is 15.3 Å². The molecule has 0 aliphatic heterocycles. The Bertz CT molecular complexity index is 1080. The minimum absolute atomic E-state index is 0.0955. The third kappa shape index (κ3) is 4.38. The van der Waals surface area contributed by atoms with Gasteiger partial charge in [-0.2, -0.15) is 0 Å². The number of nitrogens with one attached hydrogen (secondary N) is 2. The number of hydrogen-bond donors (Lipinski definition) is 2. The zero-order valence-electron chi connectivity index (χ0n) is 16.2. The first-order valence-corrected chi connectivity index (χ1v) is 11.7. The molecule has 10 heteroatoms. The molecule has 0 saturated heterocycles. The zero-order valence-corrected chi connectivity index (χ0v) is 18.5. The van der Waals surface area contributed by atoms with Crippen LogP contribution in [0, 0.1) is 0 Å². The zero-order chi connectivity index (χ0) is 21.1. The maximum absolute atomic E-state index is 13.0. The number of carbonyl (C=O) groups is 2. The summed E-state index contributed by atoms with van der Waals surface area (Å²) >= 11 is 9.02. The van der Waals surface area contributed by atoms with Crippen LogP contribution in [-0.2, 0) is 19.4 Å². The summed E-state index contributed by atoms with van der Waals surface area (Å²) in [5.74, 6) is 0.743. The molecule has 3 aromatic heterocycles. The Labute approximate surface area is 186 Å². The number of anilines is 1. The lowest BCUT2D eigenvalue weighted by molar-refractivity contribution is 0.0948. The molecule has 3 aromatic rings. The van der Waals surface area contributed by atoms with Crippen LogP contribution in [0.4, 0.5) is 5.00 Å². The lowest BCUT2D eigenvalue weighted by Gasteiger charge is -2.10. The lowest BCUT2D eigenvalue weighted by Crippen LogP contribution is -2.25. The summed E-state index contributed by atoms with van der Waals surface area (Å²) in [5.41, 5.74) is 1.61. The Kier molecular flexibility index (Phi) is 6.40. The predicted molar refractivity (Wildman–Crippen MR) is 118 cm³/mol. The summed E-state index contributed by atoms with van der Waals surface area (Å²) in [5, 5.41) is 6.89. The molecule has 2 N–H and O–H groups in total. The number of amides is 2. The number of halogens is 1. The van der Waals surface area contributed by atoms with E-state index in [2.05, 4.69) is 20.6 Å². The molecule has 1 aliphatic rings. The Morgan fingerprint density at radius 3 is 2.97 bits per heavy atom. The van der Waals surface area contributed by atoms with Gasteiger partial charge in [-0.05, 0) is 42.7 Å². The van der Waals surface area contributed by atoms with Crippen LogP contribution in [0.25, 0.3) is 0 Å². The van der Waals surface area contributed by atoms with Crippen LogP contribution in [0.2, 0.25) is 5.02 Å². The van der Waals surface area contributed by atoms with Gasteiger partial charge in [-0.15, -0.1) is 11.3 Å². The summed E-state index contributed by atoms with van der Waals surface area (Å²) < 4.78 is 5.28. The highest BCUT2D eigenvalue weighted by molar-refractivity contribution is 7.99. The number of hydrogen-bond acceptors (Lipinski definition) is 7. The van der Waals surface area contributed by atoms with E-state index in [4.69, 9.17) is 16.0 Å². The molecule has 0 bridgehead atoms. The van der Waals surface area contributed by atoms with Crippen LogP contribution in [0.1, 0.15) is 50.4 Å². The van der Waals surface area contributed by atoms with Crippen molar-refractivity contribution in [2.75, 3.05) is 11.1 Å². The first kappa shape index (κ1) is 20.9. The molecule has 1 aliphatic carbocycles. The van der Waals surface area contributed by atoms with Crippen LogP contribution in [0.3, 0.4) is 0 Å². The fourth-order valence-corrected chi connectivity index (χ4v) is 5.27. The van der Waals surface area contributed by atoms with E-state index in [0.717, 1.165) is 35.5 Å². The number of fused-ring (bicyclic) bond motifs is 1. The molecule has 3 heterocycles. The second-order valence-electron chi connectivity index (χ2n) is 6.56.